The van der Waals surface area contributed by atoms with E-state index < -0.39 is 0 Å². The average molecular weight is 205 g/mol. The van der Waals surface area contributed by atoms with Gasteiger partial charge in [-0.15, -0.1) is 0 Å². The van der Waals surface area contributed by atoms with Crippen LogP contribution in [0.25, 0.3) is 0 Å². The summed E-state index contributed by atoms with van der Waals surface area (Å²) >= 11 is 1.94. The van der Waals surface area contributed by atoms with E-state index in [4.69, 9.17) is 0 Å². The number of rotatable bonds is 1. The van der Waals surface area contributed by atoms with Crippen LogP contribution >= 0.6 is 11.8 Å². The van der Waals surface area contributed by atoms with Crippen LogP contribution in [0.4, 0.5) is 0 Å². The number of amidine groups is 1. The third-order valence-corrected chi connectivity index (χ3v) is 3.83. The summed E-state index contributed by atoms with van der Waals surface area (Å²) in [6, 6.07) is 11.2. The van der Waals surface area contributed by atoms with E-state index >= 15 is 0 Å². The zero-order valence-corrected chi connectivity index (χ0v) is 8.76. The first-order valence-electron chi connectivity index (χ1n) is 5.00. The van der Waals surface area contributed by atoms with Gasteiger partial charge in [0.05, 0.1) is 6.54 Å². The molecule has 72 valence electrons. The number of nitrogens with zero attached hydrogens (tertiary/aromatic N) is 1. The van der Waals surface area contributed by atoms with E-state index in [-0.39, 0.29) is 0 Å². The summed E-state index contributed by atoms with van der Waals surface area (Å²) in [5.74, 6) is 1.24. The fraction of sp³-hybridized carbons (Fsp3) is 0.364. The van der Waals surface area contributed by atoms with Crippen LogP contribution in [-0.4, -0.2) is 28.6 Å². The van der Waals surface area contributed by atoms with Crippen molar-refractivity contribution in [3.8, 4) is 0 Å². The van der Waals surface area contributed by atoms with Gasteiger partial charge < -0.3 is 0 Å². The molecule has 0 bridgehead atoms. The summed E-state index contributed by atoms with van der Waals surface area (Å²) in [5.41, 5.74) is 1.40. The van der Waals surface area contributed by atoms with Crippen LogP contribution in [0.1, 0.15) is 11.6 Å². The molecule has 1 unspecified atom stereocenters. The van der Waals surface area contributed by atoms with Crippen LogP contribution in [0.2, 0.25) is 0 Å². The molecule has 0 spiro atoms. The minimum Gasteiger partial charge on any atom is -0.258 e. The first-order chi connectivity index (χ1) is 6.93. The molecule has 0 radical (unpaired) electrons. The van der Waals surface area contributed by atoms with Gasteiger partial charge in [0.2, 0.25) is 0 Å². The highest BCUT2D eigenvalue weighted by molar-refractivity contribution is 8.13. The van der Waals surface area contributed by atoms with Crippen molar-refractivity contribution in [2.75, 3.05) is 18.8 Å². The second kappa shape index (κ2) is 3.31. The fourth-order valence-electron chi connectivity index (χ4n) is 2.04. The molecule has 0 aromatic heterocycles. The highest BCUT2D eigenvalue weighted by atomic mass is 32.2. The Hall–Kier alpha value is -0.960. The predicted molar refractivity (Wildman–Crippen MR) is 59.8 cm³/mol. The molecule has 1 aromatic carbocycles. The van der Waals surface area contributed by atoms with E-state index in [9.17, 15) is 0 Å². The van der Waals surface area contributed by atoms with Crippen molar-refractivity contribution in [1.82, 2.24) is 5.32 Å². The van der Waals surface area contributed by atoms with E-state index in [1.165, 1.54) is 23.0 Å². The van der Waals surface area contributed by atoms with Crippen LogP contribution in [0, 0.1) is 0 Å². The fourth-order valence-corrected chi connectivity index (χ4v) is 3.12. The summed E-state index contributed by atoms with van der Waals surface area (Å²) in [6.45, 7) is 2.34. The molecule has 2 aliphatic heterocycles. The minimum atomic E-state index is 0.499. The lowest BCUT2D eigenvalue weighted by Gasteiger charge is -2.06. The minimum absolute atomic E-state index is 0.499. The molecule has 1 N–H and O–H groups in total. The summed E-state index contributed by atoms with van der Waals surface area (Å²) in [7, 11) is 0. The SMILES string of the molecule is c1ccc(C2C[N+]3=C(N2)SCC3)cc1. The van der Waals surface area contributed by atoms with E-state index in [0.717, 1.165) is 6.54 Å². The smallest absolute Gasteiger partial charge is 0.258 e. The van der Waals surface area contributed by atoms with E-state index in [1.54, 1.807) is 0 Å². The Morgan fingerprint density at radius 1 is 1.29 bits per heavy atom. The molecule has 0 fully saturated rings. The quantitative estimate of drug-likeness (QED) is 0.698. The monoisotopic (exact) mass is 205 g/mol. The molecule has 3 heteroatoms. The van der Waals surface area contributed by atoms with Crippen molar-refractivity contribution in [2.45, 2.75) is 6.04 Å². The largest absolute Gasteiger partial charge is 0.307 e. The summed E-state index contributed by atoms with van der Waals surface area (Å²) < 4.78 is 2.45. The van der Waals surface area contributed by atoms with Gasteiger partial charge in [0.15, 0.2) is 6.04 Å². The second-order valence-corrected chi connectivity index (χ2v) is 4.79. The first kappa shape index (κ1) is 8.36. The van der Waals surface area contributed by atoms with Crippen LogP contribution < -0.4 is 5.32 Å². The maximum absolute atomic E-state index is 3.57. The van der Waals surface area contributed by atoms with Crippen LogP contribution in [0.15, 0.2) is 30.3 Å². The van der Waals surface area contributed by atoms with Crippen molar-refractivity contribution in [3.05, 3.63) is 35.9 Å². The van der Waals surface area contributed by atoms with Gasteiger partial charge in [-0.05, 0) is 11.8 Å². The molecule has 3 rings (SSSR count). The first-order valence-corrected chi connectivity index (χ1v) is 5.98. The van der Waals surface area contributed by atoms with Gasteiger partial charge in [-0.3, -0.25) is 9.89 Å². The van der Waals surface area contributed by atoms with Gasteiger partial charge in [0, 0.05) is 11.3 Å². The summed E-state index contributed by atoms with van der Waals surface area (Å²) in [5, 5.41) is 4.95. The van der Waals surface area contributed by atoms with Crippen molar-refractivity contribution >= 4 is 16.9 Å². The van der Waals surface area contributed by atoms with Crippen LogP contribution in [0.5, 0.6) is 0 Å². The Labute approximate surface area is 88.0 Å². The topological polar surface area (TPSA) is 15.0 Å². The summed E-state index contributed by atoms with van der Waals surface area (Å²) in [6.07, 6.45) is 0. The molecule has 0 saturated carbocycles. The third kappa shape index (κ3) is 1.32. The number of nitrogens with one attached hydrogen (secondary N) is 1. The highest BCUT2D eigenvalue weighted by Gasteiger charge is 2.34. The van der Waals surface area contributed by atoms with Gasteiger partial charge in [0.1, 0.15) is 6.54 Å². The number of hydrogen-bond acceptors (Lipinski definition) is 2. The lowest BCUT2D eigenvalue weighted by Crippen LogP contribution is -2.21. The maximum Gasteiger partial charge on any atom is 0.307 e. The number of hydrogen-bond donors (Lipinski definition) is 1. The van der Waals surface area contributed by atoms with E-state index in [0.29, 0.717) is 6.04 Å². The molecule has 2 heterocycles. The molecule has 1 aromatic rings. The maximum atomic E-state index is 3.57. The van der Waals surface area contributed by atoms with Gasteiger partial charge in [0.25, 0.3) is 0 Å². The molecular weight excluding hydrogens is 192 g/mol. The molecular formula is C11H13N2S+. The lowest BCUT2D eigenvalue weighted by molar-refractivity contribution is -0.511. The lowest BCUT2D eigenvalue weighted by atomic mass is 10.1. The molecule has 0 aliphatic carbocycles. The summed E-state index contributed by atoms with van der Waals surface area (Å²) in [4.78, 5) is 0. The third-order valence-electron chi connectivity index (χ3n) is 2.79. The Morgan fingerprint density at radius 3 is 2.93 bits per heavy atom. The van der Waals surface area contributed by atoms with Crippen molar-refractivity contribution in [3.63, 3.8) is 0 Å². The van der Waals surface area contributed by atoms with Crippen molar-refractivity contribution in [2.24, 2.45) is 0 Å². The highest BCUT2D eigenvalue weighted by Crippen LogP contribution is 2.23. The molecule has 2 aliphatic rings. The zero-order valence-electron chi connectivity index (χ0n) is 7.94. The van der Waals surface area contributed by atoms with Gasteiger partial charge in [-0.25, -0.2) is 0 Å². The van der Waals surface area contributed by atoms with E-state index in [1.807, 2.05) is 11.8 Å². The standard InChI is InChI=1S/C11H12N2S/c1-2-4-9(5-3-1)10-8-13-6-7-14-11(13)12-10/h1-5,10H,6-8H2/p+1. The molecule has 2 nitrogen and oxygen atoms in total. The zero-order chi connectivity index (χ0) is 9.38. The van der Waals surface area contributed by atoms with Crippen LogP contribution in [0.3, 0.4) is 0 Å². The van der Waals surface area contributed by atoms with Crippen molar-refractivity contribution in [1.29, 1.82) is 0 Å². The molecule has 14 heavy (non-hydrogen) atoms. The van der Waals surface area contributed by atoms with Gasteiger partial charge in [-0.2, -0.15) is 0 Å². The predicted octanol–water partition coefficient (Wildman–Crippen LogP) is 1.45. The van der Waals surface area contributed by atoms with Crippen LogP contribution in [-0.2, 0) is 0 Å². The second-order valence-electron chi connectivity index (χ2n) is 3.71. The Balaban J connectivity index is 1.80. The van der Waals surface area contributed by atoms with E-state index in [2.05, 4.69) is 40.2 Å². The normalized spacial score (nSPS) is 25.0. The number of thioether (sulfide) groups is 1. The van der Waals surface area contributed by atoms with Gasteiger partial charge in [-0.1, -0.05) is 30.3 Å². The molecule has 0 saturated heterocycles. The molecule has 1 atom stereocenters. The van der Waals surface area contributed by atoms with Crippen molar-refractivity contribution < 1.29 is 4.58 Å². The Morgan fingerprint density at radius 2 is 2.14 bits per heavy atom. The average Bonchev–Trinajstić information content (AvgIpc) is 2.78. The Kier molecular flexibility index (Phi) is 1.98. The number of benzene rings is 1. The molecule has 0 amide bonds. The Bertz CT molecular complexity index is 356. The van der Waals surface area contributed by atoms with Gasteiger partial charge >= 0.3 is 5.17 Å².